The maximum Gasteiger partial charge on any atom is 0.0541 e. The van der Waals surface area contributed by atoms with Gasteiger partial charge in [0.05, 0.1) is 16.6 Å². The number of nitrogens with zero attached hydrogens (tertiary/aromatic N) is 2. The van der Waals surface area contributed by atoms with E-state index in [2.05, 4.69) is 203 Å². The van der Waals surface area contributed by atoms with Crippen molar-refractivity contribution in [3.05, 3.63) is 217 Å². The summed E-state index contributed by atoms with van der Waals surface area (Å²) in [6.45, 7) is 0. The molecule has 63 heavy (non-hydrogen) atoms. The Morgan fingerprint density at radius 2 is 0.794 bits per heavy atom. The Morgan fingerprint density at radius 1 is 0.333 bits per heavy atom. The highest BCUT2D eigenvalue weighted by Crippen LogP contribution is 2.40. The standard InChI is InChI=1S/C61H50N2/c1-4-12-42(13-5-1)44-20-24-46(25-21-44)48-28-34-52(35-29-48)62-58-18-9-3-8-16-54(58)56-40-50(32-38-60(56)62)51-33-39-61-57(41-51)55-17-10-11-19-59(55)63(61)53-36-30-49(31-37-53)47-26-22-45(23-27-47)43-14-6-2-7-15-43/h4,6,10-15,17,19-41H,1-3,5,7-9,16,18H2. The molecule has 0 unspecified atom stereocenters. The molecule has 9 aromatic rings. The molecular formula is C61H50N2. The Morgan fingerprint density at radius 3 is 1.37 bits per heavy atom. The van der Waals surface area contributed by atoms with Gasteiger partial charge in [-0.2, -0.15) is 0 Å². The summed E-state index contributed by atoms with van der Waals surface area (Å²) in [5.41, 5.74) is 22.0. The van der Waals surface area contributed by atoms with Crippen molar-refractivity contribution < 1.29 is 0 Å². The van der Waals surface area contributed by atoms with Gasteiger partial charge in [0, 0.05) is 33.2 Å². The van der Waals surface area contributed by atoms with Gasteiger partial charge in [0.15, 0.2) is 0 Å². The van der Waals surface area contributed by atoms with E-state index in [1.54, 1.807) is 0 Å². The van der Waals surface area contributed by atoms with Crippen molar-refractivity contribution in [1.82, 2.24) is 9.13 Å². The molecule has 2 heteroatoms. The molecule has 0 fully saturated rings. The summed E-state index contributed by atoms with van der Waals surface area (Å²) in [5.74, 6) is 0. The van der Waals surface area contributed by atoms with Crippen molar-refractivity contribution in [3.8, 4) is 44.8 Å². The van der Waals surface area contributed by atoms with Crippen LogP contribution in [0.3, 0.4) is 0 Å². The van der Waals surface area contributed by atoms with Crippen molar-refractivity contribution in [2.75, 3.05) is 0 Å². The number of aromatic nitrogens is 2. The van der Waals surface area contributed by atoms with E-state index in [4.69, 9.17) is 0 Å². The second-order valence-electron chi connectivity index (χ2n) is 17.7. The van der Waals surface area contributed by atoms with Gasteiger partial charge in [-0.25, -0.2) is 0 Å². The SMILES string of the molecule is C1=CC(c2ccc(-c3ccc(-n4c5c(c6cc(-c7ccc8c(c7)c7ccccc7n8-c7ccc(-c8ccc(C9=CCCC=C9)cc8)cc7)ccc64)CCCCC5)cc3)cc2)=CCC1. The molecule has 3 aliphatic carbocycles. The summed E-state index contributed by atoms with van der Waals surface area (Å²) < 4.78 is 5.00. The first-order chi connectivity index (χ1) is 31.2. The number of rotatable bonds is 7. The molecule has 0 spiro atoms. The molecule has 0 saturated heterocycles. The molecule has 3 aliphatic rings. The summed E-state index contributed by atoms with van der Waals surface area (Å²) in [4.78, 5) is 0. The Bertz CT molecular complexity index is 3300. The Labute approximate surface area is 370 Å². The van der Waals surface area contributed by atoms with Crippen LogP contribution >= 0.6 is 0 Å². The summed E-state index contributed by atoms with van der Waals surface area (Å²) in [6, 6.07) is 59.6. The molecule has 2 nitrogen and oxygen atoms in total. The lowest BCUT2D eigenvalue weighted by Crippen LogP contribution is -2.01. The monoisotopic (exact) mass is 810 g/mol. The number of hydrogen-bond donors (Lipinski definition) is 0. The quantitative estimate of drug-likeness (QED) is 0.142. The number of para-hydroxylation sites is 1. The number of aryl methyl sites for hydroxylation is 1. The number of allylic oxidation sites excluding steroid dienone is 8. The first kappa shape index (κ1) is 37.6. The summed E-state index contributed by atoms with van der Waals surface area (Å²) in [6.07, 6.45) is 24.3. The van der Waals surface area contributed by atoms with Crippen molar-refractivity contribution in [2.24, 2.45) is 0 Å². The minimum absolute atomic E-state index is 1.11. The molecular weight excluding hydrogens is 761 g/mol. The Kier molecular flexibility index (Phi) is 9.52. The van der Waals surface area contributed by atoms with E-state index >= 15 is 0 Å². The van der Waals surface area contributed by atoms with E-state index in [1.807, 2.05) is 0 Å². The van der Waals surface area contributed by atoms with Crippen LogP contribution in [0, 0.1) is 0 Å². The Hall–Kier alpha value is -7.16. The fourth-order valence-electron chi connectivity index (χ4n) is 10.6. The van der Waals surface area contributed by atoms with Crippen LogP contribution in [-0.2, 0) is 12.8 Å². The van der Waals surface area contributed by atoms with Gasteiger partial charge in [-0.05, 0) is 167 Å². The molecule has 12 rings (SSSR count). The van der Waals surface area contributed by atoms with E-state index < -0.39 is 0 Å². The van der Waals surface area contributed by atoms with Crippen molar-refractivity contribution in [3.63, 3.8) is 0 Å². The fourth-order valence-corrected chi connectivity index (χ4v) is 10.6. The highest BCUT2D eigenvalue weighted by Gasteiger charge is 2.21. The van der Waals surface area contributed by atoms with Gasteiger partial charge >= 0.3 is 0 Å². The molecule has 0 aliphatic heterocycles. The lowest BCUT2D eigenvalue weighted by Gasteiger charge is -2.13. The largest absolute Gasteiger partial charge is 0.313 e. The highest BCUT2D eigenvalue weighted by atomic mass is 15.0. The van der Waals surface area contributed by atoms with Gasteiger partial charge in [-0.3, -0.25) is 0 Å². The van der Waals surface area contributed by atoms with E-state index in [9.17, 15) is 0 Å². The van der Waals surface area contributed by atoms with E-state index in [1.165, 1.54) is 130 Å². The third-order valence-corrected chi connectivity index (χ3v) is 13.9. The van der Waals surface area contributed by atoms with Crippen LogP contribution in [0.4, 0.5) is 0 Å². The summed E-state index contributed by atoms with van der Waals surface area (Å²) in [5, 5.41) is 3.96. The second-order valence-corrected chi connectivity index (χ2v) is 17.7. The number of fused-ring (bicyclic) bond motifs is 6. The van der Waals surface area contributed by atoms with Crippen LogP contribution in [0.5, 0.6) is 0 Å². The first-order valence-electron chi connectivity index (χ1n) is 23.1. The molecule has 0 N–H and O–H groups in total. The van der Waals surface area contributed by atoms with Gasteiger partial charge in [0.25, 0.3) is 0 Å². The first-order valence-corrected chi connectivity index (χ1v) is 23.1. The predicted octanol–water partition coefficient (Wildman–Crippen LogP) is 16.5. The molecule has 0 radical (unpaired) electrons. The third kappa shape index (κ3) is 6.82. The van der Waals surface area contributed by atoms with Crippen molar-refractivity contribution >= 4 is 43.9 Å². The third-order valence-electron chi connectivity index (χ3n) is 13.9. The summed E-state index contributed by atoms with van der Waals surface area (Å²) in [7, 11) is 0. The zero-order chi connectivity index (χ0) is 41.7. The normalized spacial score (nSPS) is 15.1. The van der Waals surface area contributed by atoms with Gasteiger partial charge in [0.1, 0.15) is 0 Å². The molecule has 2 aromatic heterocycles. The average Bonchev–Trinajstić information content (AvgIpc) is 3.73. The zero-order valence-corrected chi connectivity index (χ0v) is 35.7. The van der Waals surface area contributed by atoms with Crippen LogP contribution in [0.2, 0.25) is 0 Å². The van der Waals surface area contributed by atoms with Crippen LogP contribution in [0.1, 0.15) is 67.3 Å². The maximum absolute atomic E-state index is 2.57. The smallest absolute Gasteiger partial charge is 0.0541 e. The highest BCUT2D eigenvalue weighted by molar-refractivity contribution is 6.10. The maximum atomic E-state index is 2.57. The molecule has 7 aromatic carbocycles. The molecule has 0 bridgehead atoms. The van der Waals surface area contributed by atoms with E-state index in [0.29, 0.717) is 0 Å². The number of benzene rings is 7. The van der Waals surface area contributed by atoms with Gasteiger partial charge in [-0.15, -0.1) is 0 Å². The van der Waals surface area contributed by atoms with Crippen molar-refractivity contribution in [1.29, 1.82) is 0 Å². The summed E-state index contributed by atoms with van der Waals surface area (Å²) >= 11 is 0. The number of hydrogen-bond acceptors (Lipinski definition) is 0. The minimum atomic E-state index is 1.11. The molecule has 2 heterocycles. The zero-order valence-electron chi connectivity index (χ0n) is 35.7. The lowest BCUT2D eigenvalue weighted by atomic mass is 9.97. The molecule has 304 valence electrons. The minimum Gasteiger partial charge on any atom is -0.313 e. The van der Waals surface area contributed by atoms with Gasteiger partial charge < -0.3 is 9.13 Å². The average molecular weight is 811 g/mol. The molecule has 0 amide bonds. The second kappa shape index (κ2) is 15.9. The van der Waals surface area contributed by atoms with E-state index in [0.717, 1.165) is 38.5 Å². The van der Waals surface area contributed by atoms with Crippen molar-refractivity contribution in [2.45, 2.75) is 57.8 Å². The molecule has 0 saturated carbocycles. The topological polar surface area (TPSA) is 9.86 Å². The van der Waals surface area contributed by atoms with Crippen LogP contribution in [0.15, 0.2) is 194 Å². The van der Waals surface area contributed by atoms with Crippen LogP contribution < -0.4 is 0 Å². The molecule has 0 atom stereocenters. The van der Waals surface area contributed by atoms with Crippen LogP contribution in [-0.4, -0.2) is 9.13 Å². The van der Waals surface area contributed by atoms with Gasteiger partial charge in [0.2, 0.25) is 0 Å². The van der Waals surface area contributed by atoms with Crippen LogP contribution in [0.25, 0.3) is 88.6 Å². The fraction of sp³-hybridized carbons (Fsp3) is 0.148. The van der Waals surface area contributed by atoms with E-state index in [-0.39, 0.29) is 0 Å². The Balaban J connectivity index is 0.874. The lowest BCUT2D eigenvalue weighted by molar-refractivity contribution is 0.704. The predicted molar refractivity (Wildman–Crippen MR) is 268 cm³/mol. The van der Waals surface area contributed by atoms with Gasteiger partial charge in [-0.1, -0.05) is 146 Å².